The summed E-state index contributed by atoms with van der Waals surface area (Å²) in [5, 5.41) is 13.1. The normalized spacial score (nSPS) is 10.8. The molecule has 0 radical (unpaired) electrons. The largest absolute Gasteiger partial charge is 0.325 e. The highest BCUT2D eigenvalue weighted by Gasteiger charge is 2.17. The van der Waals surface area contributed by atoms with Crippen LogP contribution in [-0.2, 0) is 4.79 Å². The topological polar surface area (TPSA) is 59.8 Å². The molecule has 1 aromatic heterocycles. The molecule has 0 atom stereocenters. The number of rotatable bonds is 6. The summed E-state index contributed by atoms with van der Waals surface area (Å²) in [6.07, 6.45) is 0. The zero-order chi connectivity index (χ0) is 21.8. The fraction of sp³-hybridized carbons (Fsp3) is 0.125. The van der Waals surface area contributed by atoms with Crippen molar-refractivity contribution in [3.8, 4) is 17.1 Å². The summed E-state index contributed by atoms with van der Waals surface area (Å²) in [4.78, 5) is 12.7. The maximum atomic E-state index is 12.7. The molecule has 4 rings (SSSR count). The summed E-state index contributed by atoms with van der Waals surface area (Å²) in [7, 11) is 0. The molecular weight excluding hydrogens is 428 g/mol. The molecule has 0 bridgehead atoms. The average molecular weight is 449 g/mol. The van der Waals surface area contributed by atoms with E-state index in [-0.39, 0.29) is 11.7 Å². The number of aryl methyl sites for hydroxylation is 2. The quantitative estimate of drug-likeness (QED) is 0.371. The van der Waals surface area contributed by atoms with Crippen molar-refractivity contribution < 1.29 is 4.79 Å². The number of hydrogen-bond acceptors (Lipinski definition) is 4. The van der Waals surface area contributed by atoms with E-state index >= 15 is 0 Å². The second kappa shape index (κ2) is 9.37. The number of aromatic nitrogens is 3. The van der Waals surface area contributed by atoms with Crippen LogP contribution in [0.5, 0.6) is 0 Å². The van der Waals surface area contributed by atoms with Gasteiger partial charge in [-0.2, -0.15) is 0 Å². The summed E-state index contributed by atoms with van der Waals surface area (Å²) >= 11 is 7.42. The molecule has 0 saturated heterocycles. The van der Waals surface area contributed by atoms with Crippen LogP contribution in [0.25, 0.3) is 17.1 Å². The molecule has 0 fully saturated rings. The first kappa shape index (κ1) is 21.2. The second-order valence-corrected chi connectivity index (χ2v) is 8.47. The van der Waals surface area contributed by atoms with Crippen LogP contribution in [0.4, 0.5) is 5.69 Å². The Morgan fingerprint density at radius 3 is 2.29 bits per heavy atom. The minimum Gasteiger partial charge on any atom is -0.325 e. The highest BCUT2D eigenvalue weighted by atomic mass is 35.5. The Labute approximate surface area is 190 Å². The Morgan fingerprint density at radius 2 is 1.61 bits per heavy atom. The van der Waals surface area contributed by atoms with Gasteiger partial charge < -0.3 is 5.32 Å². The third-order valence-corrected chi connectivity index (χ3v) is 6.01. The van der Waals surface area contributed by atoms with Crippen molar-refractivity contribution >= 4 is 35.0 Å². The zero-order valence-corrected chi connectivity index (χ0v) is 18.7. The minimum absolute atomic E-state index is 0.0886. The summed E-state index contributed by atoms with van der Waals surface area (Å²) in [6.45, 7) is 3.97. The Kier molecular flexibility index (Phi) is 6.39. The van der Waals surface area contributed by atoms with Gasteiger partial charge in [-0.15, -0.1) is 10.2 Å². The highest BCUT2D eigenvalue weighted by Crippen LogP contribution is 2.29. The van der Waals surface area contributed by atoms with Gasteiger partial charge in [0.15, 0.2) is 11.0 Å². The SMILES string of the molecule is Cc1cccc(C)c1NC(=O)CSc1nnc(-c2ccccc2)n1-c1ccc(Cl)cc1. The van der Waals surface area contributed by atoms with Crippen LogP contribution in [0.3, 0.4) is 0 Å². The van der Waals surface area contributed by atoms with E-state index in [1.54, 1.807) is 0 Å². The van der Waals surface area contributed by atoms with Crippen LogP contribution in [0, 0.1) is 13.8 Å². The first-order chi connectivity index (χ1) is 15.0. The zero-order valence-electron chi connectivity index (χ0n) is 17.2. The number of thioether (sulfide) groups is 1. The number of nitrogens with one attached hydrogen (secondary N) is 1. The molecule has 1 heterocycles. The van der Waals surface area contributed by atoms with E-state index in [9.17, 15) is 4.79 Å². The monoisotopic (exact) mass is 448 g/mol. The van der Waals surface area contributed by atoms with Gasteiger partial charge in [0.05, 0.1) is 5.75 Å². The summed E-state index contributed by atoms with van der Waals surface area (Å²) in [5.74, 6) is 0.837. The van der Waals surface area contributed by atoms with Crippen LogP contribution in [0.2, 0.25) is 5.02 Å². The van der Waals surface area contributed by atoms with Gasteiger partial charge in [0, 0.05) is 22.0 Å². The molecule has 0 saturated carbocycles. The standard InChI is InChI=1S/C24H21ClN4OS/c1-16-7-6-8-17(2)22(16)26-21(30)15-31-24-28-27-23(18-9-4-3-5-10-18)29(24)20-13-11-19(25)12-14-20/h3-14H,15H2,1-2H3,(H,26,30). The Morgan fingerprint density at radius 1 is 0.935 bits per heavy atom. The Bertz CT molecular complexity index is 1190. The molecule has 1 amide bonds. The third kappa shape index (κ3) is 4.81. The summed E-state index contributed by atoms with van der Waals surface area (Å²) in [5.41, 5.74) is 4.75. The molecule has 0 aliphatic rings. The van der Waals surface area contributed by atoms with E-state index < -0.39 is 0 Å². The van der Waals surface area contributed by atoms with Crippen molar-refractivity contribution in [2.45, 2.75) is 19.0 Å². The lowest BCUT2D eigenvalue weighted by Gasteiger charge is -2.12. The Hall–Kier alpha value is -3.09. The van der Waals surface area contributed by atoms with E-state index in [2.05, 4.69) is 15.5 Å². The lowest BCUT2D eigenvalue weighted by atomic mass is 10.1. The highest BCUT2D eigenvalue weighted by molar-refractivity contribution is 7.99. The number of anilines is 1. The van der Waals surface area contributed by atoms with Crippen molar-refractivity contribution in [2.24, 2.45) is 0 Å². The van der Waals surface area contributed by atoms with Gasteiger partial charge in [-0.05, 0) is 49.2 Å². The van der Waals surface area contributed by atoms with Crippen molar-refractivity contribution in [2.75, 3.05) is 11.1 Å². The predicted molar refractivity (Wildman–Crippen MR) is 127 cm³/mol. The van der Waals surface area contributed by atoms with Gasteiger partial charge >= 0.3 is 0 Å². The molecule has 5 nitrogen and oxygen atoms in total. The number of nitrogens with zero attached hydrogens (tertiary/aromatic N) is 3. The maximum Gasteiger partial charge on any atom is 0.234 e. The number of benzene rings is 3. The first-order valence-electron chi connectivity index (χ1n) is 9.78. The maximum absolute atomic E-state index is 12.7. The fourth-order valence-corrected chi connectivity index (χ4v) is 4.16. The third-order valence-electron chi connectivity index (χ3n) is 4.83. The van der Waals surface area contributed by atoms with E-state index in [1.807, 2.05) is 91.2 Å². The van der Waals surface area contributed by atoms with Gasteiger partial charge in [-0.25, -0.2) is 0 Å². The lowest BCUT2D eigenvalue weighted by Crippen LogP contribution is -2.16. The van der Waals surface area contributed by atoms with Crippen molar-refractivity contribution in [3.05, 3.63) is 88.9 Å². The van der Waals surface area contributed by atoms with Crippen molar-refractivity contribution in [1.82, 2.24) is 14.8 Å². The van der Waals surface area contributed by atoms with Gasteiger partial charge in [-0.1, -0.05) is 71.9 Å². The second-order valence-electron chi connectivity index (χ2n) is 7.09. The number of carbonyl (C=O) groups excluding carboxylic acids is 1. The van der Waals surface area contributed by atoms with Crippen LogP contribution in [0.15, 0.2) is 78.0 Å². The first-order valence-corrected chi connectivity index (χ1v) is 11.1. The number of para-hydroxylation sites is 1. The lowest BCUT2D eigenvalue weighted by molar-refractivity contribution is -0.113. The molecule has 0 spiro atoms. The molecular formula is C24H21ClN4OS. The minimum atomic E-state index is -0.0886. The number of halogens is 1. The number of hydrogen-bond donors (Lipinski definition) is 1. The molecule has 31 heavy (non-hydrogen) atoms. The van der Waals surface area contributed by atoms with Gasteiger partial charge in [0.1, 0.15) is 0 Å². The van der Waals surface area contributed by atoms with Gasteiger partial charge in [-0.3, -0.25) is 9.36 Å². The predicted octanol–water partition coefficient (Wildman–Crippen LogP) is 5.94. The van der Waals surface area contributed by atoms with Crippen molar-refractivity contribution in [3.63, 3.8) is 0 Å². The van der Waals surface area contributed by atoms with E-state index in [0.717, 1.165) is 28.1 Å². The molecule has 156 valence electrons. The fourth-order valence-electron chi connectivity index (χ4n) is 3.28. The van der Waals surface area contributed by atoms with Gasteiger partial charge in [0.2, 0.25) is 5.91 Å². The molecule has 7 heteroatoms. The molecule has 0 aliphatic heterocycles. The summed E-state index contributed by atoms with van der Waals surface area (Å²) < 4.78 is 1.95. The Balaban J connectivity index is 1.60. The van der Waals surface area contributed by atoms with Crippen molar-refractivity contribution in [1.29, 1.82) is 0 Å². The number of carbonyl (C=O) groups is 1. The van der Waals surface area contributed by atoms with E-state index in [0.29, 0.717) is 16.0 Å². The molecule has 0 aliphatic carbocycles. The van der Waals surface area contributed by atoms with E-state index in [4.69, 9.17) is 11.6 Å². The molecule has 3 aromatic carbocycles. The molecule has 0 unspecified atom stereocenters. The smallest absolute Gasteiger partial charge is 0.234 e. The van der Waals surface area contributed by atoms with Crippen LogP contribution in [0.1, 0.15) is 11.1 Å². The van der Waals surface area contributed by atoms with Crippen LogP contribution < -0.4 is 5.32 Å². The average Bonchev–Trinajstić information content (AvgIpc) is 3.20. The number of amides is 1. The van der Waals surface area contributed by atoms with Crippen LogP contribution >= 0.6 is 23.4 Å². The van der Waals surface area contributed by atoms with Gasteiger partial charge in [0.25, 0.3) is 0 Å². The van der Waals surface area contributed by atoms with Crippen LogP contribution in [-0.4, -0.2) is 26.4 Å². The van der Waals surface area contributed by atoms with E-state index in [1.165, 1.54) is 11.8 Å². The molecule has 4 aromatic rings. The molecule has 1 N–H and O–H groups in total. The summed E-state index contributed by atoms with van der Waals surface area (Å²) in [6, 6.07) is 23.3.